The van der Waals surface area contributed by atoms with Crippen molar-refractivity contribution in [2.45, 2.75) is 51.4 Å². The molecule has 12 heavy (non-hydrogen) atoms. The van der Waals surface area contributed by atoms with Crippen LogP contribution in [0, 0.1) is 5.92 Å². The fraction of sp³-hybridized carbons (Fsp3) is 1.00. The highest BCUT2D eigenvalue weighted by atomic mass is 16.5. The molecule has 2 aliphatic rings. The van der Waals surface area contributed by atoms with Gasteiger partial charge in [0.2, 0.25) is 0 Å². The van der Waals surface area contributed by atoms with E-state index in [1.165, 1.54) is 25.8 Å². The minimum absolute atomic E-state index is 0.505. The van der Waals surface area contributed by atoms with Gasteiger partial charge in [-0.2, -0.15) is 0 Å². The van der Waals surface area contributed by atoms with Crippen molar-refractivity contribution >= 4 is 0 Å². The van der Waals surface area contributed by atoms with Crippen LogP contribution in [0.25, 0.3) is 0 Å². The van der Waals surface area contributed by atoms with E-state index in [9.17, 15) is 0 Å². The number of hydrogen-bond donors (Lipinski definition) is 1. The van der Waals surface area contributed by atoms with E-state index in [1.807, 2.05) is 0 Å². The molecule has 2 aliphatic heterocycles. The lowest BCUT2D eigenvalue weighted by Gasteiger charge is -2.17. The number of nitrogens with one attached hydrogen (secondary N) is 1. The summed E-state index contributed by atoms with van der Waals surface area (Å²) in [6.07, 6.45) is 4.90. The molecule has 0 bridgehead atoms. The first-order chi connectivity index (χ1) is 5.75. The Balaban J connectivity index is 1.85. The molecule has 2 heteroatoms. The van der Waals surface area contributed by atoms with Gasteiger partial charge in [0.05, 0.1) is 12.2 Å². The summed E-state index contributed by atoms with van der Waals surface area (Å²) in [6.45, 7) is 5.61. The molecule has 2 nitrogen and oxygen atoms in total. The molecule has 1 N–H and O–H groups in total. The largest absolute Gasteiger partial charge is 0.375 e. The highest BCUT2D eigenvalue weighted by Gasteiger charge is 2.33. The van der Waals surface area contributed by atoms with Crippen LogP contribution in [0.4, 0.5) is 0 Å². The molecule has 0 aromatic carbocycles. The summed E-state index contributed by atoms with van der Waals surface area (Å²) in [5.41, 5.74) is 0. The Labute approximate surface area is 74.7 Å². The molecule has 4 atom stereocenters. The monoisotopic (exact) mass is 169 g/mol. The molecule has 0 aromatic rings. The second kappa shape index (κ2) is 3.35. The van der Waals surface area contributed by atoms with Crippen LogP contribution in [-0.2, 0) is 4.74 Å². The van der Waals surface area contributed by atoms with Gasteiger partial charge in [0, 0.05) is 12.6 Å². The van der Waals surface area contributed by atoms with E-state index < -0.39 is 0 Å². The number of ether oxygens (including phenoxy) is 1. The van der Waals surface area contributed by atoms with Crippen molar-refractivity contribution < 1.29 is 4.74 Å². The fourth-order valence-corrected chi connectivity index (χ4v) is 2.44. The lowest BCUT2D eigenvalue weighted by Crippen LogP contribution is -2.23. The van der Waals surface area contributed by atoms with Gasteiger partial charge in [0.1, 0.15) is 0 Å². The third-order valence-electron chi connectivity index (χ3n) is 3.18. The Morgan fingerprint density at radius 3 is 2.58 bits per heavy atom. The first-order valence-corrected chi connectivity index (χ1v) is 5.14. The molecular weight excluding hydrogens is 150 g/mol. The quantitative estimate of drug-likeness (QED) is 0.643. The minimum Gasteiger partial charge on any atom is -0.375 e. The molecule has 0 amide bonds. The van der Waals surface area contributed by atoms with Crippen LogP contribution in [0.15, 0.2) is 0 Å². The molecule has 0 aliphatic carbocycles. The molecule has 2 rings (SSSR count). The summed E-state index contributed by atoms with van der Waals surface area (Å²) in [5, 5.41) is 3.48. The second-order valence-corrected chi connectivity index (χ2v) is 4.37. The average Bonchev–Trinajstić information content (AvgIpc) is 2.58. The fourth-order valence-electron chi connectivity index (χ4n) is 2.44. The summed E-state index contributed by atoms with van der Waals surface area (Å²) in [7, 11) is 0. The van der Waals surface area contributed by atoms with Gasteiger partial charge < -0.3 is 10.1 Å². The van der Waals surface area contributed by atoms with Crippen molar-refractivity contribution in [3.05, 3.63) is 0 Å². The van der Waals surface area contributed by atoms with E-state index in [4.69, 9.17) is 4.74 Å². The van der Waals surface area contributed by atoms with Crippen LogP contribution in [0.3, 0.4) is 0 Å². The van der Waals surface area contributed by atoms with Crippen LogP contribution in [0.5, 0.6) is 0 Å². The highest BCUT2D eigenvalue weighted by molar-refractivity contribution is 4.86. The third kappa shape index (κ3) is 1.64. The third-order valence-corrected chi connectivity index (χ3v) is 3.18. The van der Waals surface area contributed by atoms with Crippen molar-refractivity contribution in [2.75, 3.05) is 6.54 Å². The summed E-state index contributed by atoms with van der Waals surface area (Å²) in [5.74, 6) is 0.782. The van der Waals surface area contributed by atoms with E-state index in [0.29, 0.717) is 18.2 Å². The summed E-state index contributed by atoms with van der Waals surface area (Å²) >= 11 is 0. The SMILES string of the molecule is CC1CC(C2CCC(C)O2)CN1. The van der Waals surface area contributed by atoms with E-state index in [1.54, 1.807) is 0 Å². The summed E-state index contributed by atoms with van der Waals surface area (Å²) in [6, 6.07) is 0.703. The van der Waals surface area contributed by atoms with Crippen molar-refractivity contribution in [3.8, 4) is 0 Å². The Hall–Kier alpha value is -0.0800. The van der Waals surface area contributed by atoms with Crippen LogP contribution >= 0.6 is 0 Å². The Morgan fingerprint density at radius 1 is 1.25 bits per heavy atom. The standard InChI is InChI=1S/C10H19NO/c1-7-5-9(6-11-7)10-4-3-8(2)12-10/h7-11H,3-6H2,1-2H3. The molecule has 2 saturated heterocycles. The lowest BCUT2D eigenvalue weighted by molar-refractivity contribution is 0.0240. The Kier molecular flexibility index (Phi) is 2.37. The molecule has 70 valence electrons. The number of rotatable bonds is 1. The topological polar surface area (TPSA) is 21.3 Å². The van der Waals surface area contributed by atoms with E-state index in [0.717, 1.165) is 5.92 Å². The minimum atomic E-state index is 0.505. The van der Waals surface area contributed by atoms with E-state index in [-0.39, 0.29) is 0 Å². The van der Waals surface area contributed by atoms with Crippen LogP contribution in [-0.4, -0.2) is 24.8 Å². The maximum absolute atomic E-state index is 5.85. The van der Waals surface area contributed by atoms with Gasteiger partial charge in [-0.3, -0.25) is 0 Å². The van der Waals surface area contributed by atoms with Crippen molar-refractivity contribution in [2.24, 2.45) is 5.92 Å². The summed E-state index contributed by atoms with van der Waals surface area (Å²) < 4.78 is 5.85. The zero-order valence-corrected chi connectivity index (χ0v) is 8.05. The predicted molar refractivity (Wildman–Crippen MR) is 49.1 cm³/mol. The molecular formula is C10H19NO. The maximum Gasteiger partial charge on any atom is 0.0620 e. The van der Waals surface area contributed by atoms with Crippen LogP contribution in [0.2, 0.25) is 0 Å². The van der Waals surface area contributed by atoms with Gasteiger partial charge in [-0.05, 0) is 39.0 Å². The van der Waals surface area contributed by atoms with Crippen LogP contribution in [0.1, 0.15) is 33.1 Å². The normalized spacial score (nSPS) is 48.5. The van der Waals surface area contributed by atoms with Crippen molar-refractivity contribution in [1.82, 2.24) is 5.32 Å². The average molecular weight is 169 g/mol. The first kappa shape index (κ1) is 8.52. The molecule has 4 unspecified atom stereocenters. The number of hydrogen-bond acceptors (Lipinski definition) is 2. The van der Waals surface area contributed by atoms with Crippen molar-refractivity contribution in [1.29, 1.82) is 0 Å². The summed E-state index contributed by atoms with van der Waals surface area (Å²) in [4.78, 5) is 0. The van der Waals surface area contributed by atoms with Gasteiger partial charge in [0.25, 0.3) is 0 Å². The molecule has 0 spiro atoms. The molecule has 0 saturated carbocycles. The second-order valence-electron chi connectivity index (χ2n) is 4.37. The lowest BCUT2D eigenvalue weighted by atomic mass is 9.97. The van der Waals surface area contributed by atoms with E-state index in [2.05, 4.69) is 19.2 Å². The van der Waals surface area contributed by atoms with E-state index >= 15 is 0 Å². The Bertz CT molecular complexity index is 142. The maximum atomic E-state index is 5.85. The van der Waals surface area contributed by atoms with Gasteiger partial charge in [-0.15, -0.1) is 0 Å². The van der Waals surface area contributed by atoms with Gasteiger partial charge in [-0.25, -0.2) is 0 Å². The van der Waals surface area contributed by atoms with Crippen LogP contribution < -0.4 is 5.32 Å². The molecule has 0 radical (unpaired) electrons. The predicted octanol–water partition coefficient (Wildman–Crippen LogP) is 1.55. The first-order valence-electron chi connectivity index (χ1n) is 5.14. The van der Waals surface area contributed by atoms with Crippen molar-refractivity contribution in [3.63, 3.8) is 0 Å². The smallest absolute Gasteiger partial charge is 0.0620 e. The molecule has 0 aromatic heterocycles. The zero-order valence-electron chi connectivity index (χ0n) is 8.05. The van der Waals surface area contributed by atoms with Gasteiger partial charge in [0.15, 0.2) is 0 Å². The highest BCUT2D eigenvalue weighted by Crippen LogP contribution is 2.29. The van der Waals surface area contributed by atoms with Gasteiger partial charge >= 0.3 is 0 Å². The zero-order chi connectivity index (χ0) is 8.55. The Morgan fingerprint density at radius 2 is 2.08 bits per heavy atom. The van der Waals surface area contributed by atoms with Gasteiger partial charge in [-0.1, -0.05) is 0 Å². The molecule has 2 fully saturated rings. The molecule has 2 heterocycles.